The van der Waals surface area contributed by atoms with Crippen LogP contribution in [0.5, 0.6) is 0 Å². The number of amides is 1. The third-order valence-electron chi connectivity index (χ3n) is 4.41. The van der Waals surface area contributed by atoms with Gasteiger partial charge in [-0.2, -0.15) is 0 Å². The van der Waals surface area contributed by atoms with E-state index in [1.54, 1.807) is 0 Å². The highest BCUT2D eigenvalue weighted by atomic mass is 33.1. The van der Waals surface area contributed by atoms with E-state index in [2.05, 4.69) is 20.9 Å². The Balaban J connectivity index is 1.36. The molecule has 2 aromatic rings. The number of imidazole rings is 1. The largest absolute Gasteiger partial charge is 0.354 e. The molecule has 1 amide bonds. The minimum absolute atomic E-state index is 0.172. The molecule has 3 rings (SSSR count). The maximum atomic E-state index is 12.0. The van der Waals surface area contributed by atoms with Crippen molar-refractivity contribution < 1.29 is 4.79 Å². The molecule has 0 radical (unpaired) electrons. The lowest BCUT2D eigenvalue weighted by molar-refractivity contribution is -0.121. The predicted octanol–water partition coefficient (Wildman–Crippen LogP) is 4.18. The molecule has 1 aliphatic rings. The fraction of sp³-hybridized carbons (Fsp3) is 0.556. The third kappa shape index (κ3) is 4.70. The first kappa shape index (κ1) is 17.7. The first-order valence-electron chi connectivity index (χ1n) is 8.71. The van der Waals surface area contributed by atoms with Crippen molar-refractivity contribution in [3.05, 3.63) is 30.1 Å². The number of hydrogen-bond acceptors (Lipinski definition) is 4. The summed E-state index contributed by atoms with van der Waals surface area (Å²) in [6.45, 7) is 3.45. The molecule has 130 valence electrons. The number of nitrogens with zero attached hydrogens (tertiary/aromatic N) is 2. The van der Waals surface area contributed by atoms with E-state index in [0.717, 1.165) is 41.5 Å². The van der Waals surface area contributed by atoms with Crippen LogP contribution in [0.4, 0.5) is 0 Å². The van der Waals surface area contributed by atoms with Gasteiger partial charge in [0.15, 0.2) is 0 Å². The molecular weight excluding hydrogens is 338 g/mol. The lowest BCUT2D eigenvalue weighted by atomic mass is 10.1. The normalized spacial score (nSPS) is 17.5. The molecule has 0 saturated carbocycles. The van der Waals surface area contributed by atoms with Crippen molar-refractivity contribution in [2.24, 2.45) is 0 Å². The summed E-state index contributed by atoms with van der Waals surface area (Å²) in [7, 11) is 4.01. The van der Waals surface area contributed by atoms with Crippen molar-refractivity contribution in [3.8, 4) is 0 Å². The molecule has 1 N–H and O–H groups in total. The van der Waals surface area contributed by atoms with E-state index in [9.17, 15) is 4.79 Å². The van der Waals surface area contributed by atoms with Gasteiger partial charge in [-0.3, -0.25) is 4.79 Å². The van der Waals surface area contributed by atoms with Crippen LogP contribution >= 0.6 is 21.6 Å². The van der Waals surface area contributed by atoms with Crippen molar-refractivity contribution >= 4 is 38.5 Å². The number of hydrogen-bond donors (Lipinski definition) is 1. The van der Waals surface area contributed by atoms with Crippen LogP contribution in [0.2, 0.25) is 0 Å². The van der Waals surface area contributed by atoms with Crippen LogP contribution in [0.1, 0.15) is 37.9 Å². The highest BCUT2D eigenvalue weighted by Gasteiger charge is 2.15. The number of benzene rings is 1. The number of carbonyl (C=O) groups is 1. The Morgan fingerprint density at radius 2 is 2.25 bits per heavy atom. The van der Waals surface area contributed by atoms with Crippen LogP contribution in [0, 0.1) is 6.92 Å². The molecule has 0 aliphatic carbocycles. The number of unbranched alkanes of at least 4 members (excludes halogenated alkanes) is 1. The van der Waals surface area contributed by atoms with Crippen LogP contribution in [-0.4, -0.2) is 33.0 Å². The molecule has 1 unspecified atom stereocenters. The molecule has 0 spiro atoms. The summed E-state index contributed by atoms with van der Waals surface area (Å²) in [5, 5.41) is 3.86. The van der Waals surface area contributed by atoms with Crippen LogP contribution in [0.15, 0.2) is 24.3 Å². The van der Waals surface area contributed by atoms with Gasteiger partial charge < -0.3 is 9.88 Å². The van der Waals surface area contributed by atoms with E-state index in [1.165, 1.54) is 18.6 Å². The maximum absolute atomic E-state index is 12.0. The topological polar surface area (TPSA) is 46.9 Å². The van der Waals surface area contributed by atoms with Gasteiger partial charge in [0.2, 0.25) is 5.91 Å². The molecule has 1 fully saturated rings. The lowest BCUT2D eigenvalue weighted by Gasteiger charge is -2.09. The van der Waals surface area contributed by atoms with Gasteiger partial charge in [-0.15, -0.1) is 0 Å². The van der Waals surface area contributed by atoms with Gasteiger partial charge in [0.1, 0.15) is 5.82 Å². The summed E-state index contributed by atoms with van der Waals surface area (Å²) in [6.07, 6.45) is 5.40. The number of carbonyl (C=O) groups excluding carboxylic acids is 1. The molecule has 4 nitrogen and oxygen atoms in total. The highest BCUT2D eigenvalue weighted by Crippen LogP contribution is 2.39. The zero-order valence-electron chi connectivity index (χ0n) is 14.2. The van der Waals surface area contributed by atoms with E-state index >= 15 is 0 Å². The first-order chi connectivity index (χ1) is 11.7. The zero-order chi connectivity index (χ0) is 16.8. The van der Waals surface area contributed by atoms with Gasteiger partial charge in [-0.25, -0.2) is 4.98 Å². The summed E-state index contributed by atoms with van der Waals surface area (Å²) in [5.74, 6) is 2.46. The smallest absolute Gasteiger partial charge is 0.220 e. The van der Waals surface area contributed by atoms with Gasteiger partial charge >= 0.3 is 0 Å². The summed E-state index contributed by atoms with van der Waals surface area (Å²) in [5.41, 5.74) is 2.15. The highest BCUT2D eigenvalue weighted by molar-refractivity contribution is 8.77. The zero-order valence-corrected chi connectivity index (χ0v) is 15.8. The standard InChI is InChI=1S/C18H25N3OS2/c1-14-20-16-7-3-4-8-17(16)21(14)12-11-19-18(22)9-5-2-6-15-10-13-23-24-15/h3-4,7-8,15H,2,5-6,9-13H2,1H3,(H,19,22). The van der Waals surface area contributed by atoms with Gasteiger partial charge in [-0.05, 0) is 38.3 Å². The number of fused-ring (bicyclic) bond motifs is 1. The monoisotopic (exact) mass is 363 g/mol. The van der Waals surface area contributed by atoms with Crippen molar-refractivity contribution in [1.29, 1.82) is 0 Å². The van der Waals surface area contributed by atoms with Crippen molar-refractivity contribution in [2.45, 2.75) is 50.8 Å². The van der Waals surface area contributed by atoms with Crippen molar-refractivity contribution in [1.82, 2.24) is 14.9 Å². The molecule has 2 heterocycles. The summed E-state index contributed by atoms with van der Waals surface area (Å²) in [6, 6.07) is 8.14. The second kappa shape index (κ2) is 8.81. The molecule has 1 aromatic heterocycles. The molecule has 24 heavy (non-hydrogen) atoms. The Morgan fingerprint density at radius 3 is 3.08 bits per heavy atom. The Kier molecular flexibility index (Phi) is 6.49. The minimum Gasteiger partial charge on any atom is -0.354 e. The van der Waals surface area contributed by atoms with Gasteiger partial charge in [0.05, 0.1) is 11.0 Å². The quantitative estimate of drug-likeness (QED) is 0.565. The summed E-state index contributed by atoms with van der Waals surface area (Å²) in [4.78, 5) is 16.5. The number of aryl methyl sites for hydroxylation is 1. The predicted molar refractivity (Wildman–Crippen MR) is 104 cm³/mol. The average molecular weight is 364 g/mol. The molecule has 1 aliphatic heterocycles. The average Bonchev–Trinajstić information content (AvgIpc) is 3.20. The van der Waals surface area contributed by atoms with Gasteiger partial charge in [-0.1, -0.05) is 40.1 Å². The second-order valence-corrected chi connectivity index (χ2v) is 9.01. The Labute approximate surface area is 151 Å². The number of rotatable bonds is 8. The van der Waals surface area contributed by atoms with Crippen LogP contribution < -0.4 is 5.32 Å². The van der Waals surface area contributed by atoms with E-state index in [0.29, 0.717) is 13.0 Å². The third-order valence-corrected chi connectivity index (χ3v) is 7.42. The first-order valence-corrected chi connectivity index (χ1v) is 11.1. The van der Waals surface area contributed by atoms with Crippen LogP contribution in [0.25, 0.3) is 11.0 Å². The Hall–Kier alpha value is -1.14. The number of para-hydroxylation sites is 2. The van der Waals surface area contributed by atoms with Gasteiger partial charge in [0, 0.05) is 30.5 Å². The van der Waals surface area contributed by atoms with E-state index in [4.69, 9.17) is 0 Å². The van der Waals surface area contributed by atoms with Crippen LogP contribution in [0.3, 0.4) is 0 Å². The molecule has 1 saturated heterocycles. The number of nitrogens with one attached hydrogen (secondary N) is 1. The fourth-order valence-electron chi connectivity index (χ4n) is 3.10. The SMILES string of the molecule is Cc1nc2ccccc2n1CCNC(=O)CCCCC1CCSS1. The second-order valence-electron chi connectivity index (χ2n) is 6.22. The van der Waals surface area contributed by atoms with E-state index in [1.807, 2.05) is 46.7 Å². The molecule has 1 aromatic carbocycles. The maximum Gasteiger partial charge on any atom is 0.220 e. The van der Waals surface area contributed by atoms with Crippen molar-refractivity contribution in [2.75, 3.05) is 12.3 Å². The van der Waals surface area contributed by atoms with Gasteiger partial charge in [0.25, 0.3) is 0 Å². The summed E-state index contributed by atoms with van der Waals surface area (Å²) >= 11 is 0. The number of aromatic nitrogens is 2. The molecular formula is C18H25N3OS2. The van der Waals surface area contributed by atoms with E-state index < -0.39 is 0 Å². The molecule has 1 atom stereocenters. The fourth-order valence-corrected chi connectivity index (χ4v) is 6.12. The Morgan fingerprint density at radius 1 is 1.38 bits per heavy atom. The van der Waals surface area contributed by atoms with Crippen molar-refractivity contribution in [3.63, 3.8) is 0 Å². The van der Waals surface area contributed by atoms with E-state index in [-0.39, 0.29) is 5.91 Å². The summed E-state index contributed by atoms with van der Waals surface area (Å²) < 4.78 is 2.17. The Bertz CT molecular complexity index is 680. The minimum atomic E-state index is 0.172. The molecule has 6 heteroatoms. The lowest BCUT2D eigenvalue weighted by Crippen LogP contribution is -2.27. The molecule has 0 bridgehead atoms. The van der Waals surface area contributed by atoms with Crippen LogP contribution in [-0.2, 0) is 11.3 Å².